The van der Waals surface area contributed by atoms with E-state index in [-0.39, 0.29) is 24.5 Å². The van der Waals surface area contributed by atoms with Crippen LogP contribution in [0.2, 0.25) is 0 Å². The normalized spacial score (nSPS) is 14.1. The Morgan fingerprint density at radius 1 is 0.757 bits per heavy atom. The summed E-state index contributed by atoms with van der Waals surface area (Å²) in [6.45, 7) is 3.51. The molecule has 0 spiro atoms. The van der Waals surface area contributed by atoms with Gasteiger partial charge in [-0.15, -0.1) is 0 Å². The first-order chi connectivity index (χ1) is 17.2. The highest BCUT2D eigenvalue weighted by molar-refractivity contribution is 5.96. The van der Waals surface area contributed by atoms with Crippen LogP contribution in [-0.4, -0.2) is 80.2 Å². The third-order valence-electron chi connectivity index (χ3n) is 5.07. The van der Waals surface area contributed by atoms with E-state index >= 15 is 0 Å². The van der Waals surface area contributed by atoms with Crippen molar-refractivity contribution < 1.29 is 49.2 Å². The number of amides is 3. The highest BCUT2D eigenvalue weighted by Gasteiger charge is 2.32. The Balaban J connectivity index is 3.17. The van der Waals surface area contributed by atoms with E-state index in [0.29, 0.717) is 5.56 Å². The highest BCUT2D eigenvalue weighted by atomic mass is 16.4. The lowest BCUT2D eigenvalue weighted by Crippen LogP contribution is -2.58. The standard InChI is InChI=1S/C23H32N4O10/c1-11(2)7-17(23(36)37)27-21(34)15(8-12-3-5-13(28)6-4-12)26-22(35)16(10-19(31)32)25-20(33)14(24)9-18(29)30/h3-6,11,14-17,28H,7-10,24H2,1-2H3,(H,25,33)(H,26,35)(H,27,34)(H,29,30)(H,31,32)(H,36,37). The summed E-state index contributed by atoms with van der Waals surface area (Å²) < 4.78 is 0. The van der Waals surface area contributed by atoms with Crippen LogP contribution in [0.5, 0.6) is 5.75 Å². The average molecular weight is 525 g/mol. The SMILES string of the molecule is CC(C)CC(NC(=O)C(Cc1ccc(O)cc1)NC(=O)C(CC(=O)O)NC(=O)C(N)CC(=O)O)C(=O)O. The number of aliphatic carboxylic acids is 3. The fourth-order valence-electron chi connectivity index (χ4n) is 3.26. The lowest BCUT2D eigenvalue weighted by atomic mass is 10.0. The van der Waals surface area contributed by atoms with Crippen LogP contribution in [0.4, 0.5) is 0 Å². The Kier molecular flexibility index (Phi) is 12.0. The molecule has 0 bridgehead atoms. The van der Waals surface area contributed by atoms with E-state index in [1.807, 2.05) is 0 Å². The van der Waals surface area contributed by atoms with Crippen molar-refractivity contribution in [1.29, 1.82) is 0 Å². The Morgan fingerprint density at radius 3 is 1.73 bits per heavy atom. The maximum Gasteiger partial charge on any atom is 0.326 e. The minimum Gasteiger partial charge on any atom is -0.508 e. The predicted octanol–water partition coefficient (Wildman–Crippen LogP) is -1.20. The lowest BCUT2D eigenvalue weighted by Gasteiger charge is -2.25. The van der Waals surface area contributed by atoms with Gasteiger partial charge in [0.1, 0.15) is 23.9 Å². The van der Waals surface area contributed by atoms with Gasteiger partial charge in [0.25, 0.3) is 0 Å². The molecule has 0 saturated carbocycles. The highest BCUT2D eigenvalue weighted by Crippen LogP contribution is 2.13. The van der Waals surface area contributed by atoms with Crippen LogP contribution in [0.15, 0.2) is 24.3 Å². The molecule has 0 aliphatic heterocycles. The Labute approximate surface area is 212 Å². The summed E-state index contributed by atoms with van der Waals surface area (Å²) in [7, 11) is 0. The quantitative estimate of drug-likeness (QED) is 0.135. The Hall–Kier alpha value is -4.20. The molecule has 0 aliphatic carbocycles. The van der Waals surface area contributed by atoms with Gasteiger partial charge in [-0.1, -0.05) is 26.0 Å². The van der Waals surface area contributed by atoms with Gasteiger partial charge in [-0.3, -0.25) is 24.0 Å². The average Bonchev–Trinajstić information content (AvgIpc) is 2.77. The summed E-state index contributed by atoms with van der Waals surface area (Å²) in [6, 6.07) is -0.347. The molecule has 0 aliphatic rings. The number of benzene rings is 1. The largest absolute Gasteiger partial charge is 0.508 e. The number of carbonyl (C=O) groups is 6. The first-order valence-corrected chi connectivity index (χ1v) is 11.3. The molecule has 1 rings (SSSR count). The molecule has 0 fully saturated rings. The number of carbonyl (C=O) groups excluding carboxylic acids is 3. The number of hydrogen-bond acceptors (Lipinski definition) is 8. The van der Waals surface area contributed by atoms with Gasteiger partial charge in [0.2, 0.25) is 17.7 Å². The van der Waals surface area contributed by atoms with Gasteiger partial charge >= 0.3 is 17.9 Å². The number of carboxylic acid groups (broad SMARTS) is 3. The number of rotatable bonds is 15. The molecule has 0 aromatic heterocycles. The Morgan fingerprint density at radius 2 is 1.24 bits per heavy atom. The van der Waals surface area contributed by atoms with Crippen molar-refractivity contribution in [2.24, 2.45) is 11.7 Å². The summed E-state index contributed by atoms with van der Waals surface area (Å²) in [5.74, 6) is -7.36. The van der Waals surface area contributed by atoms with Crippen LogP contribution in [0.25, 0.3) is 0 Å². The maximum atomic E-state index is 13.0. The molecule has 1 aromatic rings. The van der Waals surface area contributed by atoms with Crippen LogP contribution in [0, 0.1) is 5.92 Å². The van der Waals surface area contributed by atoms with Gasteiger partial charge in [-0.2, -0.15) is 0 Å². The lowest BCUT2D eigenvalue weighted by molar-refractivity contribution is -0.143. The zero-order valence-corrected chi connectivity index (χ0v) is 20.3. The molecule has 9 N–H and O–H groups in total. The number of carboxylic acids is 3. The minimum atomic E-state index is -1.72. The summed E-state index contributed by atoms with van der Waals surface area (Å²) in [5.41, 5.74) is 5.94. The number of nitrogens with two attached hydrogens (primary N) is 1. The molecule has 14 heteroatoms. The van der Waals surface area contributed by atoms with Crippen LogP contribution in [0.3, 0.4) is 0 Å². The fraction of sp³-hybridized carbons (Fsp3) is 0.478. The van der Waals surface area contributed by atoms with Crippen LogP contribution < -0.4 is 21.7 Å². The fourth-order valence-corrected chi connectivity index (χ4v) is 3.26. The summed E-state index contributed by atoms with van der Waals surface area (Å²) in [5, 5.41) is 43.7. The van der Waals surface area contributed by atoms with Gasteiger partial charge in [0.15, 0.2) is 0 Å². The summed E-state index contributed by atoms with van der Waals surface area (Å²) in [4.78, 5) is 71.8. The summed E-state index contributed by atoms with van der Waals surface area (Å²) >= 11 is 0. The van der Waals surface area contributed by atoms with Gasteiger partial charge < -0.3 is 42.1 Å². The van der Waals surface area contributed by atoms with Crippen molar-refractivity contribution >= 4 is 35.6 Å². The van der Waals surface area contributed by atoms with Crippen molar-refractivity contribution in [3.63, 3.8) is 0 Å². The topological polar surface area (TPSA) is 245 Å². The van der Waals surface area contributed by atoms with E-state index in [1.54, 1.807) is 13.8 Å². The number of aromatic hydroxyl groups is 1. The van der Waals surface area contributed by atoms with E-state index in [2.05, 4.69) is 16.0 Å². The van der Waals surface area contributed by atoms with E-state index in [9.17, 15) is 44.1 Å². The minimum absolute atomic E-state index is 0.0569. The number of nitrogens with one attached hydrogen (secondary N) is 3. The van der Waals surface area contributed by atoms with Crippen molar-refractivity contribution in [3.8, 4) is 5.75 Å². The van der Waals surface area contributed by atoms with Gasteiger partial charge in [0, 0.05) is 6.42 Å². The van der Waals surface area contributed by atoms with Crippen molar-refractivity contribution in [2.45, 2.75) is 63.7 Å². The van der Waals surface area contributed by atoms with Crippen molar-refractivity contribution in [3.05, 3.63) is 29.8 Å². The molecule has 14 nitrogen and oxygen atoms in total. The van der Waals surface area contributed by atoms with E-state index < -0.39 is 72.6 Å². The molecular weight excluding hydrogens is 492 g/mol. The second-order valence-electron chi connectivity index (χ2n) is 8.82. The van der Waals surface area contributed by atoms with Gasteiger partial charge in [-0.05, 0) is 30.0 Å². The Bertz CT molecular complexity index is 996. The van der Waals surface area contributed by atoms with E-state index in [0.717, 1.165) is 0 Å². The first kappa shape index (κ1) is 30.8. The van der Waals surface area contributed by atoms with E-state index in [1.165, 1.54) is 24.3 Å². The monoisotopic (exact) mass is 524 g/mol. The zero-order chi connectivity index (χ0) is 28.3. The van der Waals surface area contributed by atoms with Crippen LogP contribution >= 0.6 is 0 Å². The molecule has 4 atom stereocenters. The molecule has 0 radical (unpaired) electrons. The molecule has 3 amide bonds. The molecule has 1 aromatic carbocycles. The first-order valence-electron chi connectivity index (χ1n) is 11.3. The molecule has 37 heavy (non-hydrogen) atoms. The molecular formula is C23H32N4O10. The third kappa shape index (κ3) is 11.4. The number of phenolic OH excluding ortho intramolecular Hbond substituents is 1. The third-order valence-corrected chi connectivity index (χ3v) is 5.07. The molecule has 0 saturated heterocycles. The van der Waals surface area contributed by atoms with Crippen LogP contribution in [-0.2, 0) is 35.2 Å². The number of hydrogen-bond donors (Lipinski definition) is 8. The summed E-state index contributed by atoms with van der Waals surface area (Å²) in [6.07, 6.45) is -1.75. The smallest absolute Gasteiger partial charge is 0.326 e. The molecule has 204 valence electrons. The van der Waals surface area contributed by atoms with Gasteiger partial charge in [-0.25, -0.2) is 4.79 Å². The van der Waals surface area contributed by atoms with Crippen molar-refractivity contribution in [1.82, 2.24) is 16.0 Å². The molecule has 4 unspecified atom stereocenters. The number of phenols is 1. The second-order valence-corrected chi connectivity index (χ2v) is 8.82. The molecule has 0 heterocycles. The zero-order valence-electron chi connectivity index (χ0n) is 20.3. The second kappa shape index (κ2) is 14.4. The van der Waals surface area contributed by atoms with Crippen LogP contribution in [0.1, 0.15) is 38.7 Å². The van der Waals surface area contributed by atoms with E-state index in [4.69, 9.17) is 10.8 Å². The predicted molar refractivity (Wildman–Crippen MR) is 127 cm³/mol. The maximum absolute atomic E-state index is 13.0. The van der Waals surface area contributed by atoms with Gasteiger partial charge in [0.05, 0.1) is 18.9 Å². The van der Waals surface area contributed by atoms with Crippen molar-refractivity contribution in [2.75, 3.05) is 0 Å².